The molecule has 0 unspecified atom stereocenters. The summed E-state index contributed by atoms with van der Waals surface area (Å²) >= 11 is 1.79. The van der Waals surface area contributed by atoms with Crippen molar-refractivity contribution in [3.63, 3.8) is 0 Å². The SMILES string of the molecule is c1ccc(-c2nc(-c3ccc4c(c3)sc3ccccc34)nc(-c3cccc4oc5cc(-n6c7cc8ccccc8cc7c7cc8ccccc8cc76)c(-c6ccc(-c7ccccc7)c7ccccc67)cc5c34)n2)cc1. The molecule has 0 spiro atoms. The maximum atomic E-state index is 7.10. The molecule has 0 amide bonds. The van der Waals surface area contributed by atoms with E-state index in [-0.39, 0.29) is 0 Å². The van der Waals surface area contributed by atoms with Crippen molar-refractivity contribution in [2.24, 2.45) is 0 Å². The van der Waals surface area contributed by atoms with Gasteiger partial charge in [-0.2, -0.15) is 0 Å². The van der Waals surface area contributed by atoms with Crippen LogP contribution in [0.15, 0.2) is 247 Å². The Kier molecular flexibility index (Phi) is 9.14. The Hall–Kier alpha value is -9.75. The molecule has 0 aliphatic rings. The van der Waals surface area contributed by atoms with E-state index >= 15 is 0 Å². The molecular formula is C69H40N4OS. The van der Waals surface area contributed by atoms with Crippen LogP contribution < -0.4 is 0 Å². The van der Waals surface area contributed by atoms with E-state index in [1.54, 1.807) is 11.3 Å². The predicted octanol–water partition coefficient (Wildman–Crippen LogP) is 19.0. The molecule has 0 fully saturated rings. The lowest BCUT2D eigenvalue weighted by Crippen LogP contribution is -2.00. The van der Waals surface area contributed by atoms with Crippen molar-refractivity contribution in [3.05, 3.63) is 243 Å². The van der Waals surface area contributed by atoms with Crippen molar-refractivity contribution in [1.82, 2.24) is 19.5 Å². The maximum Gasteiger partial charge on any atom is 0.164 e. The van der Waals surface area contributed by atoms with Gasteiger partial charge in [0, 0.05) is 70.0 Å². The summed E-state index contributed by atoms with van der Waals surface area (Å²) in [6.07, 6.45) is 0. The molecule has 16 aromatic rings. The fourth-order valence-corrected chi connectivity index (χ4v) is 12.9. The van der Waals surface area contributed by atoms with Gasteiger partial charge in [0.1, 0.15) is 11.2 Å². The third kappa shape index (κ3) is 6.60. The molecule has 0 atom stereocenters. The second kappa shape index (κ2) is 16.4. The van der Waals surface area contributed by atoms with E-state index in [2.05, 4.69) is 229 Å². The molecule has 4 aromatic heterocycles. The monoisotopic (exact) mass is 972 g/mol. The number of hydrogen-bond donors (Lipinski definition) is 0. The minimum absolute atomic E-state index is 0.577. The zero-order valence-electron chi connectivity index (χ0n) is 40.2. The molecule has 16 rings (SSSR count). The van der Waals surface area contributed by atoms with Crippen molar-refractivity contribution in [2.45, 2.75) is 0 Å². The smallest absolute Gasteiger partial charge is 0.164 e. The van der Waals surface area contributed by atoms with Gasteiger partial charge < -0.3 is 8.98 Å². The largest absolute Gasteiger partial charge is 0.456 e. The number of furan rings is 1. The Bertz CT molecular complexity index is 4920. The normalized spacial score (nSPS) is 12.0. The third-order valence-electron chi connectivity index (χ3n) is 15.2. The van der Waals surface area contributed by atoms with Gasteiger partial charge in [-0.05, 0) is 97.5 Å². The highest BCUT2D eigenvalue weighted by atomic mass is 32.1. The van der Waals surface area contributed by atoms with Crippen LogP contribution in [-0.2, 0) is 0 Å². The fourth-order valence-electron chi connectivity index (χ4n) is 11.7. The van der Waals surface area contributed by atoms with Crippen LogP contribution >= 0.6 is 11.3 Å². The van der Waals surface area contributed by atoms with Gasteiger partial charge in [-0.3, -0.25) is 0 Å². The van der Waals surface area contributed by atoms with Crippen LogP contribution in [-0.4, -0.2) is 19.5 Å². The van der Waals surface area contributed by atoms with Crippen LogP contribution in [0.4, 0.5) is 0 Å². The molecule has 4 heterocycles. The lowest BCUT2D eigenvalue weighted by Gasteiger charge is -2.18. The predicted molar refractivity (Wildman–Crippen MR) is 314 cm³/mol. The Labute approximate surface area is 433 Å². The van der Waals surface area contributed by atoms with Gasteiger partial charge >= 0.3 is 0 Å². The second-order valence-electron chi connectivity index (χ2n) is 19.5. The number of benzene rings is 12. The first-order chi connectivity index (χ1) is 37.1. The van der Waals surface area contributed by atoms with Gasteiger partial charge in [0.15, 0.2) is 17.5 Å². The molecular weight excluding hydrogens is 933 g/mol. The van der Waals surface area contributed by atoms with Gasteiger partial charge in [-0.15, -0.1) is 11.3 Å². The van der Waals surface area contributed by atoms with E-state index < -0.39 is 0 Å². The Morgan fingerprint density at radius 1 is 0.307 bits per heavy atom. The summed E-state index contributed by atoms with van der Waals surface area (Å²) in [5.74, 6) is 1.80. The summed E-state index contributed by atoms with van der Waals surface area (Å²) in [5.41, 5.74) is 12.1. The Balaban J connectivity index is 0.994. The van der Waals surface area contributed by atoms with Crippen LogP contribution in [0.2, 0.25) is 0 Å². The second-order valence-corrected chi connectivity index (χ2v) is 20.6. The van der Waals surface area contributed by atoms with E-state index in [1.165, 1.54) is 69.0 Å². The summed E-state index contributed by atoms with van der Waals surface area (Å²) in [6.45, 7) is 0. The Morgan fingerprint density at radius 3 is 1.57 bits per heavy atom. The first kappa shape index (κ1) is 41.8. The molecule has 6 heteroatoms. The molecule has 75 heavy (non-hydrogen) atoms. The van der Waals surface area contributed by atoms with Crippen LogP contribution in [0.25, 0.3) is 158 Å². The van der Waals surface area contributed by atoms with E-state index in [9.17, 15) is 0 Å². The van der Waals surface area contributed by atoms with E-state index in [4.69, 9.17) is 19.4 Å². The molecule has 0 N–H and O–H groups in total. The lowest BCUT2D eigenvalue weighted by atomic mass is 9.90. The lowest BCUT2D eigenvalue weighted by molar-refractivity contribution is 0.668. The molecule has 12 aromatic carbocycles. The van der Waals surface area contributed by atoms with Gasteiger partial charge in [0.2, 0.25) is 0 Å². The van der Waals surface area contributed by atoms with Crippen molar-refractivity contribution in [1.29, 1.82) is 0 Å². The average molecular weight is 973 g/mol. The van der Waals surface area contributed by atoms with Crippen molar-refractivity contribution < 1.29 is 4.42 Å². The van der Waals surface area contributed by atoms with Gasteiger partial charge in [0.05, 0.1) is 16.7 Å². The summed E-state index contributed by atoms with van der Waals surface area (Å²) in [6, 6.07) is 87.2. The molecule has 0 aliphatic heterocycles. The maximum absolute atomic E-state index is 7.10. The van der Waals surface area contributed by atoms with Gasteiger partial charge in [-0.1, -0.05) is 188 Å². The minimum Gasteiger partial charge on any atom is -0.456 e. The number of rotatable bonds is 6. The topological polar surface area (TPSA) is 56.7 Å². The number of hydrogen-bond acceptors (Lipinski definition) is 5. The molecule has 0 bridgehead atoms. The number of nitrogens with zero attached hydrogens (tertiary/aromatic N) is 4. The van der Waals surface area contributed by atoms with Crippen molar-refractivity contribution in [2.75, 3.05) is 0 Å². The van der Waals surface area contributed by atoms with Crippen LogP contribution in [0.3, 0.4) is 0 Å². The summed E-state index contributed by atoms with van der Waals surface area (Å²) in [5, 5.41) is 13.9. The number of thiophene rings is 1. The van der Waals surface area contributed by atoms with Crippen LogP contribution in [0.1, 0.15) is 0 Å². The molecule has 348 valence electrons. The molecule has 5 nitrogen and oxygen atoms in total. The highest BCUT2D eigenvalue weighted by Gasteiger charge is 2.24. The molecule has 0 saturated heterocycles. The van der Waals surface area contributed by atoms with Gasteiger partial charge in [-0.25, -0.2) is 15.0 Å². The molecule has 0 aliphatic carbocycles. The Morgan fingerprint density at radius 2 is 0.867 bits per heavy atom. The highest BCUT2D eigenvalue weighted by molar-refractivity contribution is 7.25. The third-order valence-corrected chi connectivity index (χ3v) is 16.3. The zero-order valence-corrected chi connectivity index (χ0v) is 41.0. The first-order valence-electron chi connectivity index (χ1n) is 25.3. The fraction of sp³-hybridized carbons (Fsp3) is 0. The van der Waals surface area contributed by atoms with Crippen molar-refractivity contribution in [3.8, 4) is 62.1 Å². The van der Waals surface area contributed by atoms with E-state index in [0.29, 0.717) is 17.5 Å². The summed E-state index contributed by atoms with van der Waals surface area (Å²) < 4.78 is 12.0. The quantitative estimate of drug-likeness (QED) is 0.167. The van der Waals surface area contributed by atoms with Crippen LogP contribution in [0.5, 0.6) is 0 Å². The minimum atomic E-state index is 0.577. The average Bonchev–Trinajstić information content (AvgIpc) is 4.14. The molecule has 0 radical (unpaired) electrons. The van der Waals surface area contributed by atoms with E-state index in [1.807, 2.05) is 18.2 Å². The highest BCUT2D eigenvalue weighted by Crippen LogP contribution is 2.47. The van der Waals surface area contributed by atoms with Crippen LogP contribution in [0, 0.1) is 0 Å². The first-order valence-corrected chi connectivity index (χ1v) is 26.1. The van der Waals surface area contributed by atoms with Gasteiger partial charge in [0.25, 0.3) is 0 Å². The number of aromatic nitrogens is 4. The summed E-state index contributed by atoms with van der Waals surface area (Å²) in [4.78, 5) is 15.9. The molecule has 0 saturated carbocycles. The van der Waals surface area contributed by atoms with E-state index in [0.717, 1.165) is 71.9 Å². The number of fused-ring (bicyclic) bond motifs is 12. The summed E-state index contributed by atoms with van der Waals surface area (Å²) in [7, 11) is 0. The zero-order chi connectivity index (χ0) is 49.1. The van der Waals surface area contributed by atoms with Crippen molar-refractivity contribution >= 4 is 108 Å². The standard InChI is InChI=1S/C69H40N4OS/c1-3-16-41(17-4-1)48-32-33-51(50-25-12-11-24-49(48)50)57-39-58-63(40-61(57)73-59-36-45-22-9-7-20-43(45)34-55(59)56-35-44-21-8-10-23-46(44)37-60(56)73)74-62-28-15-27-54(66(58)62)69-71-67(42-18-5-2-6-19-42)70-68(72-69)47-30-31-53-52-26-13-14-29-64(52)75-65(53)38-47/h1-40H.